The summed E-state index contributed by atoms with van der Waals surface area (Å²) in [6.45, 7) is 9.54. The maximum absolute atomic E-state index is 6.24. The average Bonchev–Trinajstić information content (AvgIpc) is 2.83. The molecule has 0 aliphatic heterocycles. The molecule has 0 amide bonds. The zero-order valence-corrected chi connectivity index (χ0v) is 13.0. The van der Waals surface area contributed by atoms with E-state index in [1.54, 1.807) is 0 Å². The molecule has 0 aromatic carbocycles. The van der Waals surface area contributed by atoms with Crippen LogP contribution in [0.1, 0.15) is 34.1 Å². The summed E-state index contributed by atoms with van der Waals surface area (Å²) in [5.74, 6) is 0.342. The molecule has 4 heteroatoms. The van der Waals surface area contributed by atoms with Crippen molar-refractivity contribution >= 4 is 8.80 Å². The second-order valence-electron chi connectivity index (χ2n) is 4.47. The first-order valence-electron chi connectivity index (χ1n) is 6.98. The molecule has 0 radical (unpaired) electrons. The third-order valence-electron chi connectivity index (χ3n) is 2.97. The third-order valence-corrected chi connectivity index (χ3v) is 6.27. The largest absolute Gasteiger partial charge is 0.501 e. The van der Waals surface area contributed by atoms with Crippen LogP contribution in [0.15, 0.2) is 24.3 Å². The van der Waals surface area contributed by atoms with Crippen LogP contribution in [0, 0.1) is 5.92 Å². The predicted octanol–water partition coefficient (Wildman–Crippen LogP) is 3.56. The smallest absolute Gasteiger partial charge is 0.374 e. The summed E-state index contributed by atoms with van der Waals surface area (Å²) < 4.78 is 18.0. The highest BCUT2D eigenvalue weighted by Gasteiger charge is 2.42. The van der Waals surface area contributed by atoms with E-state index in [0.717, 1.165) is 12.5 Å². The Labute approximate surface area is 112 Å². The van der Waals surface area contributed by atoms with Crippen LogP contribution in [0.5, 0.6) is 0 Å². The molecular weight excluding hydrogens is 244 g/mol. The highest BCUT2D eigenvalue weighted by molar-refractivity contribution is 6.60. The van der Waals surface area contributed by atoms with Crippen LogP contribution in [0.2, 0.25) is 6.04 Å². The Morgan fingerprint density at radius 3 is 2.06 bits per heavy atom. The van der Waals surface area contributed by atoms with Gasteiger partial charge in [-0.05, 0) is 20.8 Å². The number of rotatable bonds is 9. The summed E-state index contributed by atoms with van der Waals surface area (Å²) in [6, 6.07) is 0.888. The maximum Gasteiger partial charge on any atom is 0.501 e. The van der Waals surface area contributed by atoms with Gasteiger partial charge in [-0.15, -0.1) is 0 Å². The second kappa shape index (κ2) is 7.89. The lowest BCUT2D eigenvalue weighted by molar-refractivity contribution is 0.0304. The summed E-state index contributed by atoms with van der Waals surface area (Å²) in [4.78, 5) is 0. The lowest BCUT2D eigenvalue weighted by Crippen LogP contribution is -2.48. The summed E-state index contributed by atoms with van der Waals surface area (Å²) in [5.41, 5.74) is 0. The van der Waals surface area contributed by atoms with E-state index in [2.05, 4.69) is 38.2 Å². The van der Waals surface area contributed by atoms with Gasteiger partial charge in [0.15, 0.2) is 0 Å². The molecule has 1 aliphatic rings. The Morgan fingerprint density at radius 2 is 1.61 bits per heavy atom. The fourth-order valence-corrected chi connectivity index (χ4v) is 5.02. The standard InChI is InChI=1S/C14H26O3Si/c1-5-12-18(15-6-2,16-7-3)17-13(4)14-10-8-9-11-14/h8-11,13-14H,5-7,12H2,1-4H3. The highest BCUT2D eigenvalue weighted by Crippen LogP contribution is 2.25. The van der Waals surface area contributed by atoms with E-state index < -0.39 is 8.80 Å². The minimum atomic E-state index is -2.49. The predicted molar refractivity (Wildman–Crippen MR) is 76.4 cm³/mol. The van der Waals surface area contributed by atoms with E-state index in [-0.39, 0.29) is 6.10 Å². The first-order chi connectivity index (χ1) is 8.67. The van der Waals surface area contributed by atoms with Gasteiger partial charge < -0.3 is 13.3 Å². The first-order valence-corrected chi connectivity index (χ1v) is 8.91. The van der Waals surface area contributed by atoms with Gasteiger partial charge in [0, 0.05) is 25.2 Å². The van der Waals surface area contributed by atoms with Crippen LogP contribution < -0.4 is 0 Å². The van der Waals surface area contributed by atoms with E-state index >= 15 is 0 Å². The van der Waals surface area contributed by atoms with Gasteiger partial charge in [0.25, 0.3) is 0 Å². The monoisotopic (exact) mass is 270 g/mol. The van der Waals surface area contributed by atoms with Crippen molar-refractivity contribution in [1.82, 2.24) is 0 Å². The Bertz CT molecular complexity index is 260. The molecule has 0 N–H and O–H groups in total. The summed E-state index contributed by atoms with van der Waals surface area (Å²) in [6.07, 6.45) is 9.58. The van der Waals surface area contributed by atoms with Crippen molar-refractivity contribution in [2.24, 2.45) is 5.92 Å². The molecule has 18 heavy (non-hydrogen) atoms. The van der Waals surface area contributed by atoms with Gasteiger partial charge in [0.1, 0.15) is 0 Å². The molecule has 1 unspecified atom stereocenters. The number of hydrogen-bond acceptors (Lipinski definition) is 3. The van der Waals surface area contributed by atoms with Gasteiger partial charge in [-0.2, -0.15) is 0 Å². The minimum Gasteiger partial charge on any atom is -0.374 e. The molecule has 0 spiro atoms. The fourth-order valence-electron chi connectivity index (χ4n) is 2.18. The van der Waals surface area contributed by atoms with Crippen molar-refractivity contribution in [3.63, 3.8) is 0 Å². The molecule has 1 rings (SSSR count). The van der Waals surface area contributed by atoms with E-state index in [9.17, 15) is 0 Å². The zero-order chi connectivity index (χ0) is 13.4. The quantitative estimate of drug-likeness (QED) is 0.600. The third kappa shape index (κ3) is 4.35. The van der Waals surface area contributed by atoms with Gasteiger partial charge >= 0.3 is 8.80 Å². The maximum atomic E-state index is 6.24. The summed E-state index contributed by atoms with van der Waals surface area (Å²) in [7, 11) is -2.49. The molecule has 0 fully saturated rings. The van der Waals surface area contributed by atoms with Gasteiger partial charge in [0.2, 0.25) is 0 Å². The van der Waals surface area contributed by atoms with Crippen molar-refractivity contribution in [2.75, 3.05) is 13.2 Å². The van der Waals surface area contributed by atoms with E-state index in [1.807, 2.05) is 13.8 Å². The molecule has 0 aromatic heterocycles. The zero-order valence-electron chi connectivity index (χ0n) is 12.0. The number of hydrogen-bond donors (Lipinski definition) is 0. The van der Waals surface area contributed by atoms with Crippen LogP contribution in [-0.4, -0.2) is 28.1 Å². The summed E-state index contributed by atoms with van der Waals surface area (Å²) in [5, 5.41) is 0. The van der Waals surface area contributed by atoms with Crippen LogP contribution in [-0.2, 0) is 13.3 Å². The van der Waals surface area contributed by atoms with Crippen LogP contribution in [0.4, 0.5) is 0 Å². The number of allylic oxidation sites excluding steroid dienone is 2. The van der Waals surface area contributed by atoms with Crippen molar-refractivity contribution in [3.8, 4) is 0 Å². The molecule has 0 aromatic rings. The van der Waals surface area contributed by atoms with Crippen molar-refractivity contribution < 1.29 is 13.3 Å². The Hall–Kier alpha value is -0.423. The molecule has 1 atom stereocenters. The van der Waals surface area contributed by atoms with Gasteiger partial charge in [0.05, 0.1) is 6.10 Å². The van der Waals surface area contributed by atoms with Crippen LogP contribution >= 0.6 is 0 Å². The van der Waals surface area contributed by atoms with Crippen LogP contribution in [0.25, 0.3) is 0 Å². The SMILES string of the molecule is CCC[Si](OCC)(OCC)OC(C)C1C=CC=C1. The van der Waals surface area contributed by atoms with Crippen molar-refractivity contribution in [2.45, 2.75) is 46.3 Å². The normalized spacial score (nSPS) is 17.6. The van der Waals surface area contributed by atoms with E-state index in [1.165, 1.54) is 0 Å². The Kier molecular flexibility index (Phi) is 6.85. The van der Waals surface area contributed by atoms with E-state index in [0.29, 0.717) is 19.1 Å². The van der Waals surface area contributed by atoms with Crippen molar-refractivity contribution in [3.05, 3.63) is 24.3 Å². The molecule has 0 saturated carbocycles. The Morgan fingerprint density at radius 1 is 1.06 bits per heavy atom. The molecular formula is C14H26O3Si. The second-order valence-corrected chi connectivity index (χ2v) is 7.15. The molecule has 104 valence electrons. The van der Waals surface area contributed by atoms with Gasteiger partial charge in [-0.3, -0.25) is 0 Å². The first kappa shape index (κ1) is 15.6. The molecule has 0 heterocycles. The molecule has 0 bridgehead atoms. The fraction of sp³-hybridized carbons (Fsp3) is 0.714. The van der Waals surface area contributed by atoms with Gasteiger partial charge in [-0.1, -0.05) is 37.6 Å². The van der Waals surface area contributed by atoms with Gasteiger partial charge in [-0.25, -0.2) is 0 Å². The molecule has 3 nitrogen and oxygen atoms in total. The lowest BCUT2D eigenvalue weighted by Gasteiger charge is -2.32. The van der Waals surface area contributed by atoms with Crippen molar-refractivity contribution in [1.29, 1.82) is 0 Å². The Balaban J connectivity index is 2.68. The average molecular weight is 270 g/mol. The summed E-state index contributed by atoms with van der Waals surface area (Å²) >= 11 is 0. The highest BCUT2D eigenvalue weighted by atomic mass is 28.4. The topological polar surface area (TPSA) is 27.7 Å². The van der Waals surface area contributed by atoms with E-state index in [4.69, 9.17) is 13.3 Å². The van der Waals surface area contributed by atoms with Crippen LogP contribution in [0.3, 0.4) is 0 Å². The molecule has 0 saturated heterocycles. The minimum absolute atomic E-state index is 0.108. The lowest BCUT2D eigenvalue weighted by atomic mass is 10.1. The molecule has 1 aliphatic carbocycles.